The second-order valence-electron chi connectivity index (χ2n) is 6.95. The predicted molar refractivity (Wildman–Crippen MR) is 85.6 cm³/mol. The summed E-state index contributed by atoms with van der Waals surface area (Å²) >= 11 is 0. The molecule has 2 rings (SSSR count). The fourth-order valence-corrected chi connectivity index (χ4v) is 1.81. The van der Waals surface area contributed by atoms with E-state index in [-0.39, 0.29) is 11.1 Å². The van der Waals surface area contributed by atoms with Gasteiger partial charge in [0.2, 0.25) is 0 Å². The lowest BCUT2D eigenvalue weighted by Crippen LogP contribution is -2.45. The van der Waals surface area contributed by atoms with Crippen LogP contribution in [0.15, 0.2) is 12.1 Å². The summed E-state index contributed by atoms with van der Waals surface area (Å²) in [5, 5.41) is -0.220. The molecule has 0 saturated heterocycles. The van der Waals surface area contributed by atoms with Gasteiger partial charge in [-0.3, -0.25) is 0 Å². The van der Waals surface area contributed by atoms with Crippen molar-refractivity contribution in [1.29, 1.82) is 0 Å². The molecule has 0 amide bonds. The zero-order valence-electron chi connectivity index (χ0n) is 13.3. The highest BCUT2D eigenvalue weighted by atomic mass is 31.0. The number of halogens is 3. The number of hydrogen-bond acceptors (Lipinski definition) is 2. The molecular formula is C15H21BF3NOP. The Morgan fingerprint density at radius 1 is 1.18 bits per heavy atom. The monoisotopic (exact) mass is 330 g/mol. The first-order valence-electron chi connectivity index (χ1n) is 7.29. The van der Waals surface area contributed by atoms with Gasteiger partial charge in [0.15, 0.2) is 0 Å². The van der Waals surface area contributed by atoms with Gasteiger partial charge in [-0.1, -0.05) is 13.8 Å². The van der Waals surface area contributed by atoms with E-state index in [0.29, 0.717) is 11.2 Å². The molecule has 1 aliphatic rings. The molecule has 22 heavy (non-hydrogen) atoms. The maximum atomic E-state index is 13.0. The Bertz CT molecular complexity index is 551. The van der Waals surface area contributed by atoms with Gasteiger partial charge in [-0.05, 0) is 44.3 Å². The molecule has 7 heteroatoms. The summed E-state index contributed by atoms with van der Waals surface area (Å²) in [5.41, 5.74) is -0.465. The normalized spacial score (nSPS) is 16.7. The van der Waals surface area contributed by atoms with Crippen LogP contribution in [0, 0.1) is 0 Å². The third-order valence-electron chi connectivity index (χ3n) is 4.19. The molecule has 1 radical (unpaired) electrons. The van der Waals surface area contributed by atoms with Crippen LogP contribution < -0.4 is 5.46 Å². The molecule has 1 atom stereocenters. The Morgan fingerprint density at radius 2 is 1.77 bits per heavy atom. The number of alkyl halides is 3. The third-order valence-corrected chi connectivity index (χ3v) is 4.89. The number of rotatable bonds is 5. The van der Waals surface area contributed by atoms with E-state index in [1.165, 1.54) is 7.48 Å². The number of hydrogen-bond donors (Lipinski definition) is 0. The Kier molecular flexibility index (Phi) is 4.67. The molecule has 121 valence electrons. The molecule has 1 aromatic heterocycles. The molecule has 0 spiro atoms. The molecule has 0 aromatic carbocycles. The van der Waals surface area contributed by atoms with Crippen LogP contribution in [0.5, 0.6) is 0 Å². The lowest BCUT2D eigenvalue weighted by atomic mass is 9.83. The Morgan fingerprint density at radius 3 is 2.23 bits per heavy atom. The molecule has 1 aliphatic carbocycles. The minimum absolute atomic E-state index is 0.153. The van der Waals surface area contributed by atoms with Gasteiger partial charge in [0.1, 0.15) is 5.69 Å². The van der Waals surface area contributed by atoms with Gasteiger partial charge < -0.3 is 4.65 Å². The highest BCUT2D eigenvalue weighted by Gasteiger charge is 2.37. The maximum absolute atomic E-state index is 13.0. The fourth-order valence-electron chi connectivity index (χ4n) is 1.74. The van der Waals surface area contributed by atoms with Crippen molar-refractivity contribution in [2.24, 2.45) is 0 Å². The predicted octanol–water partition coefficient (Wildman–Crippen LogP) is 3.67. The molecule has 1 fully saturated rings. The van der Waals surface area contributed by atoms with E-state index in [4.69, 9.17) is 4.65 Å². The van der Waals surface area contributed by atoms with Crippen LogP contribution in [0.2, 0.25) is 0 Å². The number of pyridine rings is 1. The van der Waals surface area contributed by atoms with Crippen LogP contribution in [0.3, 0.4) is 0 Å². The molecule has 0 bridgehead atoms. The van der Waals surface area contributed by atoms with Crippen LogP contribution in [-0.4, -0.2) is 23.2 Å². The van der Waals surface area contributed by atoms with Crippen LogP contribution in [0.25, 0.3) is 0 Å². The van der Waals surface area contributed by atoms with Gasteiger partial charge >= 0.3 is 13.7 Å². The van der Waals surface area contributed by atoms with E-state index in [9.17, 15) is 13.2 Å². The standard InChI is InChI=1S/C15H21BF3NOP/c1-13(2,14(3,4)22)21-16-10-7-11(9-5-6-9)20-12(8-10)15(17,18)19/h7-9H,5-6,22H2,1-4H3. The van der Waals surface area contributed by atoms with E-state index < -0.39 is 17.5 Å². The van der Waals surface area contributed by atoms with Crippen molar-refractivity contribution in [2.45, 2.75) is 63.4 Å². The zero-order chi connectivity index (χ0) is 16.8. The molecule has 0 aliphatic heterocycles. The van der Waals surface area contributed by atoms with E-state index in [1.807, 2.05) is 27.7 Å². The number of aromatic nitrogens is 1. The first-order chi connectivity index (χ1) is 9.90. The largest absolute Gasteiger partial charge is 0.433 e. The van der Waals surface area contributed by atoms with E-state index >= 15 is 0 Å². The molecule has 0 N–H and O–H groups in total. The van der Waals surface area contributed by atoms with Gasteiger partial charge in [-0.25, -0.2) is 4.98 Å². The average Bonchev–Trinajstić information content (AvgIpc) is 3.18. The quantitative estimate of drug-likeness (QED) is 0.607. The summed E-state index contributed by atoms with van der Waals surface area (Å²) in [5.74, 6) is 0.153. The summed E-state index contributed by atoms with van der Waals surface area (Å²) < 4.78 is 44.7. The first-order valence-corrected chi connectivity index (χ1v) is 7.87. The van der Waals surface area contributed by atoms with E-state index in [2.05, 4.69) is 14.2 Å². The molecule has 1 unspecified atom stereocenters. The van der Waals surface area contributed by atoms with Crippen molar-refractivity contribution in [3.8, 4) is 0 Å². The molecular weight excluding hydrogens is 309 g/mol. The molecule has 1 heterocycles. The van der Waals surface area contributed by atoms with Crippen molar-refractivity contribution in [2.75, 3.05) is 0 Å². The van der Waals surface area contributed by atoms with Crippen molar-refractivity contribution in [1.82, 2.24) is 4.98 Å². The lowest BCUT2D eigenvalue weighted by Gasteiger charge is -2.39. The van der Waals surface area contributed by atoms with Gasteiger partial charge in [0.05, 0.1) is 5.60 Å². The van der Waals surface area contributed by atoms with Crippen LogP contribution in [-0.2, 0) is 10.8 Å². The van der Waals surface area contributed by atoms with Gasteiger partial charge in [0.25, 0.3) is 0 Å². The molecule has 2 nitrogen and oxygen atoms in total. The molecule has 1 aromatic rings. The summed E-state index contributed by atoms with van der Waals surface area (Å²) in [6.45, 7) is 7.80. The average molecular weight is 330 g/mol. The minimum atomic E-state index is -4.44. The summed E-state index contributed by atoms with van der Waals surface area (Å²) in [6, 6.07) is 2.73. The first kappa shape index (κ1) is 17.7. The second-order valence-corrected chi connectivity index (χ2v) is 8.39. The lowest BCUT2D eigenvalue weighted by molar-refractivity contribution is -0.141. The Balaban J connectivity index is 2.22. The van der Waals surface area contributed by atoms with Crippen LogP contribution in [0.4, 0.5) is 13.2 Å². The minimum Gasteiger partial charge on any atom is -0.429 e. The van der Waals surface area contributed by atoms with Crippen molar-refractivity contribution in [3.05, 3.63) is 23.5 Å². The van der Waals surface area contributed by atoms with Crippen molar-refractivity contribution >= 4 is 22.2 Å². The van der Waals surface area contributed by atoms with Crippen LogP contribution >= 0.6 is 9.24 Å². The zero-order valence-corrected chi connectivity index (χ0v) is 14.4. The van der Waals surface area contributed by atoms with Crippen LogP contribution in [0.1, 0.15) is 57.8 Å². The van der Waals surface area contributed by atoms with Crippen molar-refractivity contribution < 1.29 is 17.8 Å². The summed E-state index contributed by atoms with van der Waals surface area (Å²) in [6.07, 6.45) is -2.64. The van der Waals surface area contributed by atoms with Crippen molar-refractivity contribution in [3.63, 3.8) is 0 Å². The van der Waals surface area contributed by atoms with Gasteiger partial charge in [-0.2, -0.15) is 13.2 Å². The smallest absolute Gasteiger partial charge is 0.429 e. The Labute approximate surface area is 132 Å². The molecule has 1 saturated carbocycles. The van der Waals surface area contributed by atoms with E-state index in [1.54, 1.807) is 6.07 Å². The van der Waals surface area contributed by atoms with Gasteiger partial charge in [-0.15, -0.1) is 9.24 Å². The fraction of sp³-hybridized carbons (Fsp3) is 0.667. The third kappa shape index (κ3) is 4.23. The Hall–Kier alpha value is -0.605. The summed E-state index contributed by atoms with van der Waals surface area (Å²) in [4.78, 5) is 3.76. The summed E-state index contributed by atoms with van der Waals surface area (Å²) in [7, 11) is 4.11. The maximum Gasteiger partial charge on any atom is 0.433 e. The highest BCUT2D eigenvalue weighted by molar-refractivity contribution is 7.19. The number of nitrogens with zero attached hydrogens (tertiary/aromatic N) is 1. The topological polar surface area (TPSA) is 22.1 Å². The highest BCUT2D eigenvalue weighted by Crippen LogP contribution is 2.40. The van der Waals surface area contributed by atoms with Gasteiger partial charge in [0, 0.05) is 16.8 Å². The second kappa shape index (κ2) is 5.79. The SMILES string of the molecule is CC(C)(P)C(C)(C)O[B]c1cc(C2CC2)nc(C(F)(F)F)c1. The van der Waals surface area contributed by atoms with E-state index in [0.717, 1.165) is 18.9 Å².